The number of nitrogens with one attached hydrogen (secondary N) is 1. The molecule has 2 heterocycles. The molecule has 1 saturated heterocycles. The van der Waals surface area contributed by atoms with Gasteiger partial charge in [0, 0.05) is 41.3 Å². The van der Waals surface area contributed by atoms with E-state index in [0.717, 1.165) is 17.6 Å². The molecule has 1 atom stereocenters. The number of rotatable bonds is 4. The maximum absolute atomic E-state index is 11.0. The molecule has 1 N–H and O–H groups in total. The summed E-state index contributed by atoms with van der Waals surface area (Å²) in [6, 6.07) is 5.17. The minimum atomic E-state index is -0.361. The average Bonchev–Trinajstić information content (AvgIpc) is 2.97. The quantitative estimate of drug-likeness (QED) is 0.689. The van der Waals surface area contributed by atoms with Crippen LogP contribution in [0.3, 0.4) is 0 Å². The first-order valence-electron chi connectivity index (χ1n) is 6.62. The third kappa shape index (κ3) is 2.56. The molecule has 20 heavy (non-hydrogen) atoms. The molecule has 1 fully saturated rings. The van der Waals surface area contributed by atoms with Gasteiger partial charge in [-0.25, -0.2) is 0 Å². The lowest BCUT2D eigenvalue weighted by molar-refractivity contribution is -0.383. The van der Waals surface area contributed by atoms with Gasteiger partial charge in [0.05, 0.1) is 10.3 Å². The van der Waals surface area contributed by atoms with E-state index in [9.17, 15) is 10.1 Å². The summed E-state index contributed by atoms with van der Waals surface area (Å²) < 4.78 is 0. The Morgan fingerprint density at radius 2 is 2.30 bits per heavy atom. The first-order chi connectivity index (χ1) is 9.75. The molecular formula is C14H15N3O2S. The van der Waals surface area contributed by atoms with Crippen molar-refractivity contribution in [1.82, 2.24) is 4.98 Å². The number of benzene rings is 1. The number of anilines is 1. The van der Waals surface area contributed by atoms with Gasteiger partial charge in [-0.15, -0.1) is 0 Å². The molecular weight excluding hydrogens is 274 g/mol. The minimum Gasteiger partial charge on any atom is -0.383 e. The van der Waals surface area contributed by atoms with Crippen LogP contribution in [0.25, 0.3) is 10.8 Å². The van der Waals surface area contributed by atoms with Crippen molar-refractivity contribution in [1.29, 1.82) is 0 Å². The van der Waals surface area contributed by atoms with Crippen molar-refractivity contribution in [2.24, 2.45) is 0 Å². The van der Waals surface area contributed by atoms with Gasteiger partial charge in [0.15, 0.2) is 0 Å². The lowest BCUT2D eigenvalue weighted by Crippen LogP contribution is -2.13. The van der Waals surface area contributed by atoms with E-state index in [1.54, 1.807) is 24.5 Å². The zero-order valence-electron chi connectivity index (χ0n) is 10.9. The number of hydrogen-bond acceptors (Lipinski definition) is 5. The predicted octanol–water partition coefficient (Wildman–Crippen LogP) is 3.45. The lowest BCUT2D eigenvalue weighted by atomic mass is 10.1. The van der Waals surface area contributed by atoms with Crippen molar-refractivity contribution in [3.63, 3.8) is 0 Å². The number of nitro groups is 1. The summed E-state index contributed by atoms with van der Waals surface area (Å²) in [4.78, 5) is 14.7. The number of aromatic nitrogens is 1. The topological polar surface area (TPSA) is 68.1 Å². The van der Waals surface area contributed by atoms with Crippen LogP contribution in [0, 0.1) is 10.1 Å². The monoisotopic (exact) mass is 289 g/mol. The Bertz CT molecular complexity index is 641. The summed E-state index contributed by atoms with van der Waals surface area (Å²) in [7, 11) is 0. The molecule has 1 aliphatic rings. The Kier molecular flexibility index (Phi) is 3.73. The van der Waals surface area contributed by atoms with Crippen LogP contribution in [0.4, 0.5) is 11.4 Å². The van der Waals surface area contributed by atoms with Crippen LogP contribution in [0.15, 0.2) is 30.6 Å². The average molecular weight is 289 g/mol. The highest BCUT2D eigenvalue weighted by atomic mass is 32.2. The van der Waals surface area contributed by atoms with Crippen molar-refractivity contribution in [2.75, 3.05) is 17.6 Å². The van der Waals surface area contributed by atoms with Crippen LogP contribution < -0.4 is 5.32 Å². The molecule has 5 nitrogen and oxygen atoms in total. The molecule has 1 unspecified atom stereocenters. The van der Waals surface area contributed by atoms with Crippen molar-refractivity contribution in [3.8, 4) is 0 Å². The Morgan fingerprint density at radius 3 is 3.05 bits per heavy atom. The van der Waals surface area contributed by atoms with E-state index in [1.165, 1.54) is 18.6 Å². The highest BCUT2D eigenvalue weighted by Gasteiger charge is 2.17. The van der Waals surface area contributed by atoms with E-state index in [1.807, 2.05) is 17.8 Å². The van der Waals surface area contributed by atoms with Crippen LogP contribution in [-0.2, 0) is 0 Å². The second kappa shape index (κ2) is 5.66. The molecule has 0 saturated carbocycles. The van der Waals surface area contributed by atoms with Crippen molar-refractivity contribution < 1.29 is 4.92 Å². The molecule has 0 spiro atoms. The second-order valence-electron chi connectivity index (χ2n) is 4.83. The van der Waals surface area contributed by atoms with Crippen LogP contribution in [-0.4, -0.2) is 27.5 Å². The highest BCUT2D eigenvalue weighted by Crippen LogP contribution is 2.32. The standard InChI is InChI=1S/C14H15N3O2S/c18-17(19)14-4-3-13(11-5-6-15-9-12(11)14)16-8-10-2-1-7-20-10/h3-6,9-10,16H,1-2,7-8H2. The maximum Gasteiger partial charge on any atom is 0.278 e. The fraction of sp³-hybridized carbons (Fsp3) is 0.357. The highest BCUT2D eigenvalue weighted by molar-refractivity contribution is 8.00. The molecule has 0 amide bonds. The first-order valence-corrected chi connectivity index (χ1v) is 7.67. The molecule has 0 aliphatic carbocycles. The SMILES string of the molecule is O=[N+]([O-])c1ccc(NCC2CCCS2)c2ccncc12. The summed E-state index contributed by atoms with van der Waals surface area (Å²) in [6.07, 6.45) is 5.75. The zero-order chi connectivity index (χ0) is 13.9. The number of non-ortho nitro benzene ring substituents is 1. The summed E-state index contributed by atoms with van der Waals surface area (Å²) in [6.45, 7) is 0.903. The van der Waals surface area contributed by atoms with Crippen molar-refractivity contribution in [2.45, 2.75) is 18.1 Å². The van der Waals surface area contributed by atoms with E-state index in [0.29, 0.717) is 10.6 Å². The molecule has 104 valence electrons. The molecule has 6 heteroatoms. The van der Waals surface area contributed by atoms with Gasteiger partial charge in [0.25, 0.3) is 5.69 Å². The summed E-state index contributed by atoms with van der Waals surface area (Å²) >= 11 is 1.99. The fourth-order valence-corrected chi connectivity index (χ4v) is 3.72. The summed E-state index contributed by atoms with van der Waals surface area (Å²) in [5, 5.41) is 16.6. The Hall–Kier alpha value is -1.82. The van der Waals surface area contributed by atoms with Gasteiger partial charge in [0.1, 0.15) is 0 Å². The minimum absolute atomic E-state index is 0.105. The Morgan fingerprint density at radius 1 is 1.40 bits per heavy atom. The van der Waals surface area contributed by atoms with Gasteiger partial charge >= 0.3 is 0 Å². The van der Waals surface area contributed by atoms with Crippen molar-refractivity contribution in [3.05, 3.63) is 40.7 Å². The molecule has 0 radical (unpaired) electrons. The predicted molar refractivity (Wildman–Crippen MR) is 82.4 cm³/mol. The molecule has 2 aromatic rings. The Labute approximate surface area is 120 Å². The third-order valence-corrected chi connectivity index (χ3v) is 4.93. The molecule has 1 aromatic carbocycles. The summed E-state index contributed by atoms with van der Waals surface area (Å²) in [5.41, 5.74) is 1.05. The third-order valence-electron chi connectivity index (χ3n) is 3.54. The smallest absolute Gasteiger partial charge is 0.278 e. The lowest BCUT2D eigenvalue weighted by Gasteiger charge is -2.13. The number of hydrogen-bond donors (Lipinski definition) is 1. The van der Waals surface area contributed by atoms with E-state index < -0.39 is 0 Å². The number of thioether (sulfide) groups is 1. The van der Waals surface area contributed by atoms with Crippen molar-refractivity contribution >= 4 is 33.9 Å². The van der Waals surface area contributed by atoms with Crippen LogP contribution in [0.2, 0.25) is 0 Å². The van der Waals surface area contributed by atoms with E-state index in [2.05, 4.69) is 10.3 Å². The Balaban J connectivity index is 1.91. The van der Waals surface area contributed by atoms with E-state index in [-0.39, 0.29) is 10.6 Å². The van der Waals surface area contributed by atoms with Gasteiger partial charge in [0.2, 0.25) is 0 Å². The molecule has 1 aliphatic heterocycles. The number of nitro benzene ring substituents is 1. The number of fused-ring (bicyclic) bond motifs is 1. The van der Waals surface area contributed by atoms with E-state index in [4.69, 9.17) is 0 Å². The molecule has 1 aromatic heterocycles. The van der Waals surface area contributed by atoms with Crippen LogP contribution in [0.1, 0.15) is 12.8 Å². The largest absolute Gasteiger partial charge is 0.383 e. The number of nitrogens with zero attached hydrogens (tertiary/aromatic N) is 2. The van der Waals surface area contributed by atoms with E-state index >= 15 is 0 Å². The molecule has 0 bridgehead atoms. The van der Waals surface area contributed by atoms with Crippen LogP contribution in [0.5, 0.6) is 0 Å². The zero-order valence-corrected chi connectivity index (χ0v) is 11.7. The van der Waals surface area contributed by atoms with Gasteiger partial charge in [-0.2, -0.15) is 11.8 Å². The van der Waals surface area contributed by atoms with Gasteiger partial charge < -0.3 is 5.32 Å². The van der Waals surface area contributed by atoms with Gasteiger partial charge in [-0.1, -0.05) is 0 Å². The second-order valence-corrected chi connectivity index (χ2v) is 6.23. The fourth-order valence-electron chi connectivity index (χ4n) is 2.52. The normalized spacial score (nSPS) is 18.3. The number of pyridine rings is 1. The first kappa shape index (κ1) is 13.2. The van der Waals surface area contributed by atoms with Gasteiger partial charge in [-0.3, -0.25) is 15.1 Å². The van der Waals surface area contributed by atoms with Gasteiger partial charge in [-0.05, 0) is 30.7 Å². The maximum atomic E-state index is 11.0. The summed E-state index contributed by atoms with van der Waals surface area (Å²) in [5.74, 6) is 1.23. The molecule has 3 rings (SSSR count). The van der Waals surface area contributed by atoms with Crippen LogP contribution >= 0.6 is 11.8 Å².